The van der Waals surface area contributed by atoms with Gasteiger partial charge in [0.15, 0.2) is 0 Å². The van der Waals surface area contributed by atoms with Gasteiger partial charge in [0.1, 0.15) is 5.82 Å². The molecule has 2 aromatic carbocycles. The maximum absolute atomic E-state index is 12.9. The Morgan fingerprint density at radius 1 is 1.00 bits per heavy atom. The van der Waals surface area contributed by atoms with Crippen molar-refractivity contribution in [2.45, 2.75) is 19.8 Å². The molecular formula is C17H18BrF. The van der Waals surface area contributed by atoms with Crippen LogP contribution in [0.4, 0.5) is 4.39 Å². The van der Waals surface area contributed by atoms with E-state index in [-0.39, 0.29) is 5.82 Å². The lowest BCUT2D eigenvalue weighted by atomic mass is 9.93. The third kappa shape index (κ3) is 4.46. The average molecular weight is 321 g/mol. The van der Waals surface area contributed by atoms with Crippen LogP contribution < -0.4 is 0 Å². The van der Waals surface area contributed by atoms with Crippen molar-refractivity contribution in [3.05, 3.63) is 71.0 Å². The number of aryl methyl sites for hydroxylation is 1. The standard InChI is InChI=1S/C17H18BrF/c1-13-3-2-4-15(9-13)11-16(12-18)10-14-5-7-17(19)8-6-14/h2-9,16H,10-12H2,1H3. The maximum Gasteiger partial charge on any atom is 0.123 e. The Labute approximate surface area is 122 Å². The molecule has 2 rings (SSSR count). The summed E-state index contributed by atoms with van der Waals surface area (Å²) in [7, 11) is 0. The monoisotopic (exact) mass is 320 g/mol. The van der Waals surface area contributed by atoms with Gasteiger partial charge in [0.05, 0.1) is 0 Å². The van der Waals surface area contributed by atoms with Gasteiger partial charge in [-0.25, -0.2) is 4.39 Å². The molecule has 0 saturated carbocycles. The lowest BCUT2D eigenvalue weighted by molar-refractivity contribution is 0.587. The Hall–Kier alpha value is -1.15. The Bertz CT molecular complexity index is 519. The minimum absolute atomic E-state index is 0.169. The molecule has 2 heteroatoms. The summed E-state index contributed by atoms with van der Waals surface area (Å²) in [6.07, 6.45) is 2.02. The number of rotatable bonds is 5. The first-order valence-corrected chi connectivity index (χ1v) is 7.65. The topological polar surface area (TPSA) is 0 Å². The number of hydrogen-bond donors (Lipinski definition) is 0. The molecule has 0 heterocycles. The lowest BCUT2D eigenvalue weighted by Crippen LogP contribution is -2.10. The fourth-order valence-electron chi connectivity index (χ4n) is 2.31. The minimum atomic E-state index is -0.169. The first kappa shape index (κ1) is 14.3. The lowest BCUT2D eigenvalue weighted by Gasteiger charge is -2.14. The van der Waals surface area contributed by atoms with Crippen LogP contribution in [0.5, 0.6) is 0 Å². The molecule has 0 saturated heterocycles. The SMILES string of the molecule is Cc1cccc(CC(CBr)Cc2ccc(F)cc2)c1. The normalized spacial score (nSPS) is 12.4. The largest absolute Gasteiger partial charge is 0.207 e. The fraction of sp³-hybridized carbons (Fsp3) is 0.294. The second kappa shape index (κ2) is 6.85. The fourth-order valence-corrected chi connectivity index (χ4v) is 2.77. The molecule has 0 N–H and O–H groups in total. The average Bonchev–Trinajstić information content (AvgIpc) is 2.40. The highest BCUT2D eigenvalue weighted by atomic mass is 79.9. The highest BCUT2D eigenvalue weighted by molar-refractivity contribution is 9.09. The van der Waals surface area contributed by atoms with Crippen molar-refractivity contribution in [1.82, 2.24) is 0 Å². The molecule has 0 radical (unpaired) electrons. The molecule has 0 nitrogen and oxygen atoms in total. The second-order valence-corrected chi connectivity index (χ2v) is 5.69. The van der Waals surface area contributed by atoms with Crippen LogP contribution in [0.1, 0.15) is 16.7 Å². The molecule has 1 unspecified atom stereocenters. The van der Waals surface area contributed by atoms with Gasteiger partial charge in [-0.15, -0.1) is 0 Å². The quantitative estimate of drug-likeness (QED) is 0.685. The van der Waals surface area contributed by atoms with Crippen LogP contribution in [-0.4, -0.2) is 5.33 Å². The summed E-state index contributed by atoms with van der Waals surface area (Å²) in [6.45, 7) is 2.12. The van der Waals surface area contributed by atoms with Crippen molar-refractivity contribution in [2.75, 3.05) is 5.33 Å². The van der Waals surface area contributed by atoms with E-state index in [1.807, 2.05) is 12.1 Å². The van der Waals surface area contributed by atoms with Crippen LogP contribution in [0.3, 0.4) is 0 Å². The third-order valence-electron chi connectivity index (χ3n) is 3.26. The van der Waals surface area contributed by atoms with Crippen molar-refractivity contribution >= 4 is 15.9 Å². The molecule has 0 amide bonds. The number of alkyl halides is 1. The molecule has 100 valence electrons. The number of halogens is 2. The van der Waals surface area contributed by atoms with Crippen molar-refractivity contribution in [1.29, 1.82) is 0 Å². The molecule has 0 bridgehead atoms. The van der Waals surface area contributed by atoms with Crippen LogP contribution in [0.15, 0.2) is 48.5 Å². The minimum Gasteiger partial charge on any atom is -0.207 e. The van der Waals surface area contributed by atoms with Crippen molar-refractivity contribution in [2.24, 2.45) is 5.92 Å². The van der Waals surface area contributed by atoms with Gasteiger partial charge in [-0.2, -0.15) is 0 Å². The van der Waals surface area contributed by atoms with Crippen molar-refractivity contribution in [3.8, 4) is 0 Å². The molecule has 2 aromatic rings. The first-order chi connectivity index (χ1) is 9.17. The zero-order valence-corrected chi connectivity index (χ0v) is 12.7. The van der Waals surface area contributed by atoms with Crippen LogP contribution in [0, 0.1) is 18.7 Å². The summed E-state index contributed by atoms with van der Waals surface area (Å²) in [6, 6.07) is 15.5. The smallest absolute Gasteiger partial charge is 0.123 e. The molecule has 0 aromatic heterocycles. The predicted molar refractivity (Wildman–Crippen MR) is 82.3 cm³/mol. The van der Waals surface area contributed by atoms with Crippen molar-refractivity contribution < 1.29 is 4.39 Å². The van der Waals surface area contributed by atoms with E-state index in [1.54, 1.807) is 0 Å². The molecule has 0 aliphatic carbocycles. The van der Waals surface area contributed by atoms with Gasteiger partial charge < -0.3 is 0 Å². The number of hydrogen-bond acceptors (Lipinski definition) is 0. The van der Waals surface area contributed by atoms with E-state index in [9.17, 15) is 4.39 Å². The molecule has 0 aliphatic rings. The summed E-state index contributed by atoms with van der Waals surface area (Å²) < 4.78 is 12.9. The predicted octanol–water partition coefficient (Wildman–Crippen LogP) is 4.93. The van der Waals surface area contributed by atoms with E-state index < -0.39 is 0 Å². The molecule has 0 spiro atoms. The van der Waals surface area contributed by atoms with Crippen LogP contribution in [0.25, 0.3) is 0 Å². The summed E-state index contributed by atoms with van der Waals surface area (Å²) in [5, 5.41) is 0.957. The van der Waals surface area contributed by atoms with E-state index in [0.717, 1.165) is 18.2 Å². The molecule has 0 aliphatic heterocycles. The van der Waals surface area contributed by atoms with E-state index in [1.165, 1.54) is 28.8 Å². The Kier molecular flexibility index (Phi) is 5.15. The van der Waals surface area contributed by atoms with Gasteiger partial charge in [0.2, 0.25) is 0 Å². The summed E-state index contributed by atoms with van der Waals surface area (Å²) in [4.78, 5) is 0. The van der Waals surface area contributed by atoms with Crippen LogP contribution in [-0.2, 0) is 12.8 Å². The van der Waals surface area contributed by atoms with Gasteiger partial charge in [-0.3, -0.25) is 0 Å². The zero-order valence-electron chi connectivity index (χ0n) is 11.1. The van der Waals surface area contributed by atoms with Gasteiger partial charge in [0.25, 0.3) is 0 Å². The van der Waals surface area contributed by atoms with Gasteiger partial charge in [-0.05, 0) is 48.9 Å². The van der Waals surface area contributed by atoms with E-state index in [0.29, 0.717) is 5.92 Å². The van der Waals surface area contributed by atoms with Gasteiger partial charge in [-0.1, -0.05) is 57.9 Å². The van der Waals surface area contributed by atoms with Crippen molar-refractivity contribution in [3.63, 3.8) is 0 Å². The Morgan fingerprint density at radius 2 is 1.68 bits per heavy atom. The molecule has 19 heavy (non-hydrogen) atoms. The zero-order chi connectivity index (χ0) is 13.7. The third-order valence-corrected chi connectivity index (χ3v) is 4.18. The van der Waals surface area contributed by atoms with Crippen LogP contribution >= 0.6 is 15.9 Å². The summed E-state index contributed by atoms with van der Waals surface area (Å²) >= 11 is 3.59. The summed E-state index contributed by atoms with van der Waals surface area (Å²) in [5.74, 6) is 0.366. The summed E-state index contributed by atoms with van der Waals surface area (Å²) in [5.41, 5.74) is 3.86. The van der Waals surface area contributed by atoms with Gasteiger partial charge in [0, 0.05) is 5.33 Å². The van der Waals surface area contributed by atoms with E-state index in [4.69, 9.17) is 0 Å². The highest BCUT2D eigenvalue weighted by Crippen LogP contribution is 2.18. The first-order valence-electron chi connectivity index (χ1n) is 6.53. The number of benzene rings is 2. The molecule has 1 atom stereocenters. The highest BCUT2D eigenvalue weighted by Gasteiger charge is 2.10. The Morgan fingerprint density at radius 3 is 2.32 bits per heavy atom. The van der Waals surface area contributed by atoms with E-state index >= 15 is 0 Å². The second-order valence-electron chi connectivity index (χ2n) is 5.04. The Balaban J connectivity index is 2.02. The molecule has 0 fully saturated rings. The van der Waals surface area contributed by atoms with Crippen LogP contribution in [0.2, 0.25) is 0 Å². The molecular weight excluding hydrogens is 303 g/mol. The maximum atomic E-state index is 12.9. The van der Waals surface area contributed by atoms with E-state index in [2.05, 4.69) is 47.1 Å². The van der Waals surface area contributed by atoms with Gasteiger partial charge >= 0.3 is 0 Å².